The van der Waals surface area contributed by atoms with Crippen LogP contribution in [0.1, 0.15) is 91.4 Å². The van der Waals surface area contributed by atoms with Gasteiger partial charge in [-0.1, -0.05) is 77.7 Å². The van der Waals surface area contributed by atoms with Gasteiger partial charge in [0.25, 0.3) is 0 Å². The third kappa shape index (κ3) is 12.3. The Kier molecular flexibility index (Phi) is 12.7. The molecule has 2 nitrogen and oxygen atoms in total. The lowest BCUT2D eigenvalue weighted by molar-refractivity contribution is -0.118. The fourth-order valence-electron chi connectivity index (χ4n) is 2.36. The molecule has 0 aliphatic carbocycles. The van der Waals surface area contributed by atoms with Crippen LogP contribution in [0.3, 0.4) is 0 Å². The second-order valence-corrected chi connectivity index (χ2v) is 6.13. The van der Waals surface area contributed by atoms with Crippen LogP contribution in [0.25, 0.3) is 0 Å². The van der Waals surface area contributed by atoms with Gasteiger partial charge in [0.05, 0.1) is 0 Å². The van der Waals surface area contributed by atoms with E-state index in [1.807, 2.05) is 0 Å². The van der Waals surface area contributed by atoms with Crippen LogP contribution < -0.4 is 5.32 Å². The minimum absolute atomic E-state index is 0.00965. The molecule has 0 fully saturated rings. The number of carbonyl (C=O) groups is 1. The van der Waals surface area contributed by atoms with Crippen molar-refractivity contribution in [1.82, 2.24) is 5.32 Å². The zero-order chi connectivity index (χ0) is 15.2. The average Bonchev–Trinajstić information content (AvgIpc) is 2.40. The quantitative estimate of drug-likeness (QED) is 0.356. The molecular weight excluding hydrogens is 246 g/mol. The molecule has 0 saturated heterocycles. The summed E-state index contributed by atoms with van der Waals surface area (Å²) in [6.07, 6.45) is 14.7. The van der Waals surface area contributed by atoms with E-state index in [2.05, 4.69) is 25.7 Å². The first kappa shape index (κ1) is 19.2. The molecule has 0 rings (SSSR count). The number of hydrogen-bond donors (Lipinski definition) is 1. The predicted octanol–water partition coefficient (Wildman–Crippen LogP) is 5.38. The maximum absolute atomic E-state index is 11.4. The van der Waals surface area contributed by atoms with Gasteiger partial charge in [-0.05, 0) is 20.3 Å². The van der Waals surface area contributed by atoms with E-state index in [-0.39, 0.29) is 11.9 Å². The number of hydrogen-bond acceptors (Lipinski definition) is 1. The Morgan fingerprint density at radius 2 is 1.40 bits per heavy atom. The molecule has 2 heteroatoms. The Morgan fingerprint density at radius 3 is 1.85 bits per heavy atom. The van der Waals surface area contributed by atoms with E-state index in [4.69, 9.17) is 0 Å². The van der Waals surface area contributed by atoms with Gasteiger partial charge in [0.15, 0.2) is 0 Å². The molecule has 1 N–H and O–H groups in total. The number of nitrogens with one attached hydrogen (secondary N) is 1. The molecule has 20 heavy (non-hydrogen) atoms. The molecule has 0 radical (unpaired) electrons. The fourth-order valence-corrected chi connectivity index (χ4v) is 2.36. The zero-order valence-electron chi connectivity index (χ0n) is 14.0. The minimum atomic E-state index is -0.00965. The van der Waals surface area contributed by atoms with Crippen molar-refractivity contribution in [3.8, 4) is 0 Å². The van der Waals surface area contributed by atoms with E-state index in [0.717, 1.165) is 6.42 Å². The Labute approximate surface area is 126 Å². The lowest BCUT2D eigenvalue weighted by atomic mass is 10.0. The van der Waals surface area contributed by atoms with Crippen molar-refractivity contribution in [3.05, 3.63) is 12.2 Å². The summed E-state index contributed by atoms with van der Waals surface area (Å²) in [5.41, 5.74) is 0.597. The third-order valence-corrected chi connectivity index (χ3v) is 3.76. The summed E-state index contributed by atoms with van der Waals surface area (Å²) in [7, 11) is 0. The molecular formula is C18H35NO. The second kappa shape index (κ2) is 13.2. The first-order chi connectivity index (χ1) is 9.57. The van der Waals surface area contributed by atoms with E-state index in [9.17, 15) is 4.79 Å². The van der Waals surface area contributed by atoms with Crippen molar-refractivity contribution in [2.45, 2.75) is 97.4 Å². The van der Waals surface area contributed by atoms with Crippen LogP contribution >= 0.6 is 0 Å². The largest absolute Gasteiger partial charge is 0.350 e. The molecule has 0 heterocycles. The number of carbonyl (C=O) groups excluding carboxylic acids is 1. The van der Waals surface area contributed by atoms with E-state index in [1.165, 1.54) is 64.2 Å². The van der Waals surface area contributed by atoms with Crippen LogP contribution in [0.15, 0.2) is 12.2 Å². The molecule has 1 amide bonds. The molecule has 0 saturated carbocycles. The summed E-state index contributed by atoms with van der Waals surface area (Å²) < 4.78 is 0. The van der Waals surface area contributed by atoms with Gasteiger partial charge in [-0.25, -0.2) is 0 Å². The van der Waals surface area contributed by atoms with Crippen molar-refractivity contribution < 1.29 is 4.79 Å². The smallest absolute Gasteiger partial charge is 0.246 e. The highest BCUT2D eigenvalue weighted by molar-refractivity contribution is 5.92. The van der Waals surface area contributed by atoms with Gasteiger partial charge in [-0.3, -0.25) is 4.79 Å². The van der Waals surface area contributed by atoms with Crippen LogP contribution in [0.4, 0.5) is 0 Å². The molecule has 0 aromatic heterocycles. The number of rotatable bonds is 13. The van der Waals surface area contributed by atoms with Gasteiger partial charge >= 0.3 is 0 Å². The molecule has 0 aliphatic heterocycles. The normalized spacial score (nSPS) is 12.2. The Bertz CT molecular complexity index is 260. The standard InChI is InChI=1S/C18H35NO/c1-5-6-7-8-9-10-11-12-13-14-15-17(4)19-18(20)16(2)3/h17H,2,5-15H2,1,3-4H3,(H,19,20). The van der Waals surface area contributed by atoms with Crippen LogP contribution in [0.2, 0.25) is 0 Å². The van der Waals surface area contributed by atoms with Gasteiger partial charge in [-0.15, -0.1) is 0 Å². The molecule has 0 aromatic carbocycles. The summed E-state index contributed by atoms with van der Waals surface area (Å²) >= 11 is 0. The fraction of sp³-hybridized carbons (Fsp3) is 0.833. The molecule has 1 atom stereocenters. The monoisotopic (exact) mass is 281 g/mol. The van der Waals surface area contributed by atoms with Crippen LogP contribution in [-0.2, 0) is 4.79 Å². The maximum atomic E-state index is 11.4. The van der Waals surface area contributed by atoms with Gasteiger partial charge in [-0.2, -0.15) is 0 Å². The first-order valence-corrected chi connectivity index (χ1v) is 8.54. The summed E-state index contributed by atoms with van der Waals surface area (Å²) in [4.78, 5) is 11.4. The van der Waals surface area contributed by atoms with Crippen LogP contribution in [0, 0.1) is 0 Å². The zero-order valence-corrected chi connectivity index (χ0v) is 14.0. The molecule has 118 valence electrons. The minimum Gasteiger partial charge on any atom is -0.350 e. The van der Waals surface area contributed by atoms with Gasteiger partial charge in [0, 0.05) is 11.6 Å². The SMILES string of the molecule is C=C(C)C(=O)NC(C)CCCCCCCCCCCC. The Balaban J connectivity index is 3.27. The maximum Gasteiger partial charge on any atom is 0.246 e. The van der Waals surface area contributed by atoms with E-state index in [1.54, 1.807) is 6.92 Å². The molecule has 0 bridgehead atoms. The lowest BCUT2D eigenvalue weighted by Crippen LogP contribution is -2.32. The van der Waals surface area contributed by atoms with Crippen molar-refractivity contribution in [3.63, 3.8) is 0 Å². The average molecular weight is 281 g/mol. The predicted molar refractivity (Wildman–Crippen MR) is 88.9 cm³/mol. The van der Waals surface area contributed by atoms with Gasteiger partial charge < -0.3 is 5.32 Å². The van der Waals surface area contributed by atoms with E-state index >= 15 is 0 Å². The van der Waals surface area contributed by atoms with Gasteiger partial charge in [0.1, 0.15) is 0 Å². The third-order valence-electron chi connectivity index (χ3n) is 3.76. The number of amides is 1. The summed E-state index contributed by atoms with van der Waals surface area (Å²) in [5.74, 6) is -0.00965. The van der Waals surface area contributed by atoms with Crippen LogP contribution in [-0.4, -0.2) is 11.9 Å². The van der Waals surface area contributed by atoms with E-state index < -0.39 is 0 Å². The van der Waals surface area contributed by atoms with Crippen molar-refractivity contribution in [2.75, 3.05) is 0 Å². The molecule has 0 spiro atoms. The lowest BCUT2D eigenvalue weighted by Gasteiger charge is -2.13. The highest BCUT2D eigenvalue weighted by Gasteiger charge is 2.06. The molecule has 0 aliphatic rings. The van der Waals surface area contributed by atoms with Crippen molar-refractivity contribution >= 4 is 5.91 Å². The summed E-state index contributed by atoms with van der Waals surface area (Å²) in [6, 6.07) is 0.272. The molecule has 1 unspecified atom stereocenters. The van der Waals surface area contributed by atoms with Gasteiger partial charge in [0.2, 0.25) is 5.91 Å². The van der Waals surface area contributed by atoms with Crippen molar-refractivity contribution in [1.29, 1.82) is 0 Å². The number of unbranched alkanes of at least 4 members (excludes halogenated alkanes) is 9. The highest BCUT2D eigenvalue weighted by Crippen LogP contribution is 2.12. The first-order valence-electron chi connectivity index (χ1n) is 8.54. The molecule has 0 aromatic rings. The summed E-state index contributed by atoms with van der Waals surface area (Å²) in [6.45, 7) is 9.75. The highest BCUT2D eigenvalue weighted by atomic mass is 16.1. The Hall–Kier alpha value is -0.790. The van der Waals surface area contributed by atoms with Crippen molar-refractivity contribution in [2.24, 2.45) is 0 Å². The van der Waals surface area contributed by atoms with E-state index in [0.29, 0.717) is 5.57 Å². The van der Waals surface area contributed by atoms with Crippen LogP contribution in [0.5, 0.6) is 0 Å². The summed E-state index contributed by atoms with van der Waals surface area (Å²) in [5, 5.41) is 2.97. The topological polar surface area (TPSA) is 29.1 Å². The second-order valence-electron chi connectivity index (χ2n) is 6.13. The Morgan fingerprint density at radius 1 is 0.950 bits per heavy atom.